The lowest BCUT2D eigenvalue weighted by Gasteiger charge is -2.25. The number of hydrogen-bond donors (Lipinski definition) is 1. The maximum Gasteiger partial charge on any atom is 0.331 e. The molecule has 1 unspecified atom stereocenters. The van der Waals surface area contributed by atoms with Crippen molar-refractivity contribution >= 4 is 12.4 Å². The summed E-state index contributed by atoms with van der Waals surface area (Å²) in [7, 11) is 0. The summed E-state index contributed by atoms with van der Waals surface area (Å²) in [5, 5.41) is 9.12. The molecule has 1 aromatic rings. The van der Waals surface area contributed by atoms with E-state index in [2.05, 4.69) is 0 Å². The largest absolute Gasteiger partial charge is 0.479 e. The highest BCUT2D eigenvalue weighted by molar-refractivity contribution is 5.78. The fourth-order valence-electron chi connectivity index (χ4n) is 1.91. The van der Waals surface area contributed by atoms with Crippen LogP contribution in [0, 0.1) is 17.5 Å². The van der Waals surface area contributed by atoms with Crippen molar-refractivity contribution < 1.29 is 27.9 Å². The van der Waals surface area contributed by atoms with Crippen LogP contribution in [0.25, 0.3) is 0 Å². The van der Waals surface area contributed by atoms with E-state index in [0.717, 1.165) is 4.90 Å². The molecule has 0 aliphatic heterocycles. The maximum atomic E-state index is 13.1. The first-order chi connectivity index (χ1) is 8.95. The number of halogens is 3. The highest BCUT2D eigenvalue weighted by Gasteiger charge is 2.38. The zero-order valence-electron chi connectivity index (χ0n) is 9.65. The van der Waals surface area contributed by atoms with E-state index in [4.69, 9.17) is 5.11 Å². The number of rotatable bonds is 5. The molecule has 0 aromatic heterocycles. The van der Waals surface area contributed by atoms with Crippen molar-refractivity contribution in [3.05, 3.63) is 35.1 Å². The van der Waals surface area contributed by atoms with Crippen LogP contribution in [0.15, 0.2) is 12.1 Å². The Morgan fingerprint density at radius 3 is 2.21 bits per heavy atom. The topological polar surface area (TPSA) is 57.6 Å². The molecule has 7 heteroatoms. The number of amides is 1. The predicted octanol–water partition coefficient (Wildman–Crippen LogP) is 1.85. The monoisotopic (exact) mass is 273 g/mol. The van der Waals surface area contributed by atoms with Crippen LogP contribution in [-0.4, -0.2) is 28.4 Å². The van der Waals surface area contributed by atoms with Gasteiger partial charge in [-0.05, 0) is 30.5 Å². The second-order valence-electron chi connectivity index (χ2n) is 4.32. The Morgan fingerprint density at radius 1 is 1.32 bits per heavy atom. The van der Waals surface area contributed by atoms with Gasteiger partial charge in [-0.2, -0.15) is 0 Å². The van der Waals surface area contributed by atoms with Crippen molar-refractivity contribution in [2.24, 2.45) is 0 Å². The number of hydrogen-bond acceptors (Lipinski definition) is 2. The third-order valence-electron chi connectivity index (χ3n) is 2.94. The Labute approximate surface area is 106 Å². The molecule has 102 valence electrons. The van der Waals surface area contributed by atoms with Crippen LogP contribution in [0.4, 0.5) is 13.2 Å². The first-order valence-corrected chi connectivity index (χ1v) is 5.55. The SMILES string of the molecule is O=CN(C1CC1)C(C(=O)O)c1cc(F)c(F)c(F)c1. The molecular formula is C12H10F3NO3. The Bertz CT molecular complexity index is 508. The van der Waals surface area contributed by atoms with E-state index in [1.165, 1.54) is 0 Å². The second-order valence-corrected chi connectivity index (χ2v) is 4.32. The fourth-order valence-corrected chi connectivity index (χ4v) is 1.91. The molecule has 1 aliphatic rings. The number of carboxylic acid groups (broad SMARTS) is 1. The second kappa shape index (κ2) is 4.91. The third kappa shape index (κ3) is 2.54. The van der Waals surface area contributed by atoms with E-state index in [9.17, 15) is 22.8 Å². The van der Waals surface area contributed by atoms with E-state index in [0.29, 0.717) is 31.4 Å². The molecule has 1 fully saturated rings. The predicted molar refractivity (Wildman–Crippen MR) is 57.6 cm³/mol. The summed E-state index contributed by atoms with van der Waals surface area (Å²) in [6, 6.07) is -0.587. The standard InChI is InChI=1S/C12H10F3NO3/c13-8-3-6(4-9(14)10(8)15)11(12(18)19)16(5-17)7-1-2-7/h3-5,7,11H,1-2H2,(H,18,19). The number of aliphatic carboxylic acids is 1. The van der Waals surface area contributed by atoms with E-state index in [1.54, 1.807) is 0 Å². The van der Waals surface area contributed by atoms with Crippen LogP contribution in [-0.2, 0) is 9.59 Å². The van der Waals surface area contributed by atoms with Crippen LogP contribution < -0.4 is 0 Å². The van der Waals surface area contributed by atoms with Gasteiger partial charge < -0.3 is 10.0 Å². The van der Waals surface area contributed by atoms with Gasteiger partial charge in [0.15, 0.2) is 23.5 Å². The Morgan fingerprint density at radius 2 is 1.84 bits per heavy atom. The molecule has 0 saturated heterocycles. The van der Waals surface area contributed by atoms with Crippen LogP contribution in [0.1, 0.15) is 24.4 Å². The highest BCUT2D eigenvalue weighted by atomic mass is 19.2. The minimum atomic E-state index is -1.67. The van der Waals surface area contributed by atoms with Crippen LogP contribution in [0.5, 0.6) is 0 Å². The summed E-state index contributed by atoms with van der Waals surface area (Å²) in [4.78, 5) is 23.1. The van der Waals surface area contributed by atoms with Crippen molar-refractivity contribution in [1.82, 2.24) is 4.90 Å². The summed E-state index contributed by atoms with van der Waals surface area (Å²) in [5.41, 5.74) is -0.303. The van der Waals surface area contributed by atoms with Crippen molar-refractivity contribution in [2.45, 2.75) is 24.9 Å². The van der Waals surface area contributed by atoms with Gasteiger partial charge >= 0.3 is 5.97 Å². The molecule has 4 nitrogen and oxygen atoms in total. The quantitative estimate of drug-likeness (QED) is 0.658. The molecule has 1 saturated carbocycles. The Balaban J connectivity index is 2.44. The molecule has 0 spiro atoms. The lowest BCUT2D eigenvalue weighted by molar-refractivity contribution is -0.147. The van der Waals surface area contributed by atoms with Gasteiger partial charge in [0.25, 0.3) is 0 Å². The molecule has 0 heterocycles. The molecule has 1 amide bonds. The van der Waals surface area contributed by atoms with Crippen LogP contribution in [0.3, 0.4) is 0 Å². The molecule has 1 atom stereocenters. The van der Waals surface area contributed by atoms with Gasteiger partial charge in [0, 0.05) is 6.04 Å². The molecule has 1 aromatic carbocycles. The molecule has 0 bridgehead atoms. The number of carbonyl (C=O) groups is 2. The van der Waals surface area contributed by atoms with Crippen molar-refractivity contribution in [1.29, 1.82) is 0 Å². The first kappa shape index (κ1) is 13.4. The normalized spacial score (nSPS) is 15.9. The first-order valence-electron chi connectivity index (χ1n) is 5.55. The van der Waals surface area contributed by atoms with Crippen molar-refractivity contribution in [3.8, 4) is 0 Å². The lowest BCUT2D eigenvalue weighted by atomic mass is 10.0. The number of carboxylic acids is 1. The van der Waals surface area contributed by atoms with Crippen LogP contribution >= 0.6 is 0 Å². The Kier molecular flexibility index (Phi) is 3.46. The highest BCUT2D eigenvalue weighted by Crippen LogP contribution is 2.34. The van der Waals surface area contributed by atoms with Gasteiger partial charge in [-0.15, -0.1) is 0 Å². The average molecular weight is 273 g/mol. The van der Waals surface area contributed by atoms with Crippen molar-refractivity contribution in [3.63, 3.8) is 0 Å². The summed E-state index contributed by atoms with van der Waals surface area (Å²) >= 11 is 0. The summed E-state index contributed by atoms with van der Waals surface area (Å²) < 4.78 is 39.1. The number of benzene rings is 1. The van der Waals surface area contributed by atoms with E-state index >= 15 is 0 Å². The maximum absolute atomic E-state index is 13.1. The third-order valence-corrected chi connectivity index (χ3v) is 2.94. The van der Waals surface area contributed by atoms with Gasteiger partial charge in [0.2, 0.25) is 6.41 Å². The zero-order valence-corrected chi connectivity index (χ0v) is 9.65. The van der Waals surface area contributed by atoms with Gasteiger partial charge in [-0.1, -0.05) is 0 Å². The number of nitrogens with zero attached hydrogens (tertiary/aromatic N) is 1. The lowest BCUT2D eigenvalue weighted by Crippen LogP contribution is -2.35. The smallest absolute Gasteiger partial charge is 0.331 e. The molecule has 1 aliphatic carbocycles. The summed E-state index contributed by atoms with van der Waals surface area (Å²) in [5.74, 6) is -6.06. The molecule has 19 heavy (non-hydrogen) atoms. The van der Waals surface area contributed by atoms with E-state index in [1.807, 2.05) is 0 Å². The van der Waals surface area contributed by atoms with Crippen molar-refractivity contribution in [2.75, 3.05) is 0 Å². The number of carbonyl (C=O) groups excluding carboxylic acids is 1. The Hall–Kier alpha value is -2.05. The van der Waals surface area contributed by atoms with Gasteiger partial charge in [-0.3, -0.25) is 4.79 Å². The molecule has 2 rings (SSSR count). The van der Waals surface area contributed by atoms with Gasteiger partial charge in [0.1, 0.15) is 0 Å². The van der Waals surface area contributed by atoms with E-state index in [-0.39, 0.29) is 11.6 Å². The summed E-state index contributed by atoms with van der Waals surface area (Å²) in [6.07, 6.45) is 1.60. The minimum Gasteiger partial charge on any atom is -0.479 e. The molecular weight excluding hydrogens is 263 g/mol. The molecule has 0 radical (unpaired) electrons. The van der Waals surface area contributed by atoms with Gasteiger partial charge in [-0.25, -0.2) is 18.0 Å². The minimum absolute atomic E-state index is 0.255. The fraction of sp³-hybridized carbons (Fsp3) is 0.333. The molecule has 1 N–H and O–H groups in total. The summed E-state index contributed by atoms with van der Waals surface area (Å²) in [6.45, 7) is 0. The average Bonchev–Trinajstić information content (AvgIpc) is 3.15. The van der Waals surface area contributed by atoms with E-state index < -0.39 is 29.5 Å². The van der Waals surface area contributed by atoms with Gasteiger partial charge in [0.05, 0.1) is 0 Å². The van der Waals surface area contributed by atoms with Crippen LogP contribution in [0.2, 0.25) is 0 Å². The zero-order chi connectivity index (χ0) is 14.2.